The van der Waals surface area contributed by atoms with Crippen molar-refractivity contribution in [3.8, 4) is 0 Å². The predicted octanol–water partition coefficient (Wildman–Crippen LogP) is 0.808. The van der Waals surface area contributed by atoms with Gasteiger partial charge in [-0.15, -0.1) is 0 Å². The molecule has 1 saturated heterocycles. The van der Waals surface area contributed by atoms with Crippen LogP contribution in [0.5, 0.6) is 0 Å². The molecule has 1 aliphatic heterocycles. The third kappa shape index (κ3) is 3.30. The fourth-order valence-corrected chi connectivity index (χ4v) is 1.43. The molecule has 0 amide bonds. The smallest absolute Gasteiger partial charge is 0.234 e. The normalized spacial score (nSPS) is 18.2. The minimum atomic E-state index is 0.639. The lowest BCUT2D eigenvalue weighted by Crippen LogP contribution is -2.20. The summed E-state index contributed by atoms with van der Waals surface area (Å²) in [6.45, 7) is 4.18. The number of hydrogen-bond donors (Lipinski definition) is 0. The highest BCUT2D eigenvalue weighted by Gasteiger charge is 2.09. The summed E-state index contributed by atoms with van der Waals surface area (Å²) < 4.78 is 0. The molecule has 1 rings (SSSR count). The molecule has 1 fully saturated rings. The molecular formula is C8H14N2O. The van der Waals surface area contributed by atoms with E-state index >= 15 is 0 Å². The van der Waals surface area contributed by atoms with Crippen molar-refractivity contribution >= 4 is 6.08 Å². The number of aliphatic imine (C=N–C) groups is 1. The predicted molar refractivity (Wildman–Crippen MR) is 43.3 cm³/mol. The molecule has 62 valence electrons. The molecule has 0 spiro atoms. The fraction of sp³-hybridized carbons (Fsp3) is 0.875. The van der Waals surface area contributed by atoms with E-state index in [1.54, 1.807) is 6.08 Å². The molecule has 1 heterocycles. The Morgan fingerprint density at radius 2 is 2.09 bits per heavy atom. The van der Waals surface area contributed by atoms with Crippen LogP contribution < -0.4 is 0 Å². The highest BCUT2D eigenvalue weighted by atomic mass is 16.1. The maximum atomic E-state index is 9.70. The zero-order chi connectivity index (χ0) is 7.94. The van der Waals surface area contributed by atoms with E-state index in [0.29, 0.717) is 6.54 Å². The Morgan fingerprint density at radius 1 is 1.36 bits per heavy atom. The van der Waals surface area contributed by atoms with Crippen molar-refractivity contribution in [3.63, 3.8) is 0 Å². The third-order valence-corrected chi connectivity index (χ3v) is 2.01. The SMILES string of the molecule is O=C=NCCCN1CCCC1. The van der Waals surface area contributed by atoms with Crippen molar-refractivity contribution in [2.75, 3.05) is 26.2 Å². The minimum absolute atomic E-state index is 0.639. The third-order valence-electron chi connectivity index (χ3n) is 2.01. The van der Waals surface area contributed by atoms with Gasteiger partial charge in [0.1, 0.15) is 0 Å². The minimum Gasteiger partial charge on any atom is -0.303 e. The molecule has 0 aromatic carbocycles. The zero-order valence-corrected chi connectivity index (χ0v) is 6.75. The standard InChI is InChI=1S/C8H14N2O/c11-8-9-4-3-7-10-5-1-2-6-10/h1-7H2. The summed E-state index contributed by atoms with van der Waals surface area (Å²) in [5, 5.41) is 0. The molecule has 0 saturated carbocycles. The Morgan fingerprint density at radius 3 is 2.73 bits per heavy atom. The van der Waals surface area contributed by atoms with Gasteiger partial charge in [0.2, 0.25) is 6.08 Å². The van der Waals surface area contributed by atoms with Crippen LogP contribution in [0.15, 0.2) is 4.99 Å². The van der Waals surface area contributed by atoms with E-state index in [-0.39, 0.29) is 0 Å². The van der Waals surface area contributed by atoms with Crippen LogP contribution in [0.25, 0.3) is 0 Å². The summed E-state index contributed by atoms with van der Waals surface area (Å²) in [5.41, 5.74) is 0. The molecule has 0 N–H and O–H groups in total. The van der Waals surface area contributed by atoms with E-state index in [1.807, 2.05) is 0 Å². The van der Waals surface area contributed by atoms with Crippen LogP contribution in [-0.2, 0) is 4.79 Å². The monoisotopic (exact) mass is 154 g/mol. The molecule has 0 radical (unpaired) electrons. The number of hydrogen-bond acceptors (Lipinski definition) is 3. The first-order chi connectivity index (χ1) is 5.43. The van der Waals surface area contributed by atoms with Gasteiger partial charge in [0.05, 0.1) is 6.54 Å². The maximum absolute atomic E-state index is 9.70. The number of rotatable bonds is 4. The number of likely N-dealkylation sites (tertiary alicyclic amines) is 1. The van der Waals surface area contributed by atoms with Gasteiger partial charge in [-0.3, -0.25) is 0 Å². The average Bonchev–Trinajstić information content (AvgIpc) is 2.50. The quantitative estimate of drug-likeness (QED) is 0.341. The van der Waals surface area contributed by atoms with Gasteiger partial charge in [0.15, 0.2) is 0 Å². The highest BCUT2D eigenvalue weighted by molar-refractivity contribution is 5.32. The van der Waals surface area contributed by atoms with E-state index in [9.17, 15) is 4.79 Å². The maximum Gasteiger partial charge on any atom is 0.234 e. The molecule has 0 aromatic rings. The Kier molecular flexibility index (Phi) is 3.87. The number of isocyanates is 1. The fourth-order valence-electron chi connectivity index (χ4n) is 1.43. The second-order valence-corrected chi connectivity index (χ2v) is 2.88. The van der Waals surface area contributed by atoms with E-state index < -0.39 is 0 Å². The van der Waals surface area contributed by atoms with E-state index in [2.05, 4.69) is 9.89 Å². The first-order valence-electron chi connectivity index (χ1n) is 4.19. The largest absolute Gasteiger partial charge is 0.303 e. The summed E-state index contributed by atoms with van der Waals surface area (Å²) in [5.74, 6) is 0. The number of nitrogens with zero attached hydrogens (tertiary/aromatic N) is 2. The summed E-state index contributed by atoms with van der Waals surface area (Å²) in [6, 6.07) is 0. The lowest BCUT2D eigenvalue weighted by molar-refractivity contribution is 0.336. The van der Waals surface area contributed by atoms with Crippen LogP contribution in [-0.4, -0.2) is 37.2 Å². The van der Waals surface area contributed by atoms with Crippen LogP contribution in [0.2, 0.25) is 0 Å². The second-order valence-electron chi connectivity index (χ2n) is 2.88. The molecule has 3 heteroatoms. The Bertz CT molecular complexity index is 146. The van der Waals surface area contributed by atoms with Crippen LogP contribution >= 0.6 is 0 Å². The molecule has 11 heavy (non-hydrogen) atoms. The number of carbonyl (C=O) groups excluding carboxylic acids is 1. The van der Waals surface area contributed by atoms with Gasteiger partial charge in [-0.2, -0.15) is 0 Å². The molecule has 0 unspecified atom stereocenters. The van der Waals surface area contributed by atoms with E-state index in [0.717, 1.165) is 13.0 Å². The molecular weight excluding hydrogens is 140 g/mol. The van der Waals surface area contributed by atoms with Crippen molar-refractivity contribution < 1.29 is 4.79 Å². The van der Waals surface area contributed by atoms with Crippen LogP contribution in [0, 0.1) is 0 Å². The van der Waals surface area contributed by atoms with Gasteiger partial charge in [-0.25, -0.2) is 9.79 Å². The topological polar surface area (TPSA) is 32.7 Å². The summed E-state index contributed by atoms with van der Waals surface area (Å²) in [6.07, 6.45) is 5.21. The Labute approximate surface area is 67.1 Å². The van der Waals surface area contributed by atoms with Crippen LogP contribution in [0.4, 0.5) is 0 Å². The summed E-state index contributed by atoms with van der Waals surface area (Å²) in [4.78, 5) is 15.6. The molecule has 0 bridgehead atoms. The average molecular weight is 154 g/mol. The molecule has 0 aliphatic carbocycles. The molecule has 1 aliphatic rings. The molecule has 3 nitrogen and oxygen atoms in total. The van der Waals surface area contributed by atoms with Crippen molar-refractivity contribution in [3.05, 3.63) is 0 Å². The first kappa shape index (κ1) is 8.44. The van der Waals surface area contributed by atoms with Gasteiger partial charge in [-0.1, -0.05) is 0 Å². The van der Waals surface area contributed by atoms with E-state index in [4.69, 9.17) is 0 Å². The lowest BCUT2D eigenvalue weighted by Gasteiger charge is -2.12. The van der Waals surface area contributed by atoms with Crippen molar-refractivity contribution in [2.24, 2.45) is 4.99 Å². The van der Waals surface area contributed by atoms with Crippen molar-refractivity contribution in [1.82, 2.24) is 4.90 Å². The van der Waals surface area contributed by atoms with Gasteiger partial charge in [0.25, 0.3) is 0 Å². The Hall–Kier alpha value is -0.660. The van der Waals surface area contributed by atoms with Gasteiger partial charge >= 0.3 is 0 Å². The molecule has 0 aromatic heterocycles. The van der Waals surface area contributed by atoms with Gasteiger partial charge in [-0.05, 0) is 38.9 Å². The van der Waals surface area contributed by atoms with Gasteiger partial charge in [0, 0.05) is 0 Å². The van der Waals surface area contributed by atoms with Crippen LogP contribution in [0.3, 0.4) is 0 Å². The van der Waals surface area contributed by atoms with Crippen LogP contribution in [0.1, 0.15) is 19.3 Å². The van der Waals surface area contributed by atoms with Crippen molar-refractivity contribution in [1.29, 1.82) is 0 Å². The van der Waals surface area contributed by atoms with E-state index in [1.165, 1.54) is 25.9 Å². The first-order valence-corrected chi connectivity index (χ1v) is 4.19. The zero-order valence-electron chi connectivity index (χ0n) is 6.75. The second kappa shape index (κ2) is 5.05. The Balaban J connectivity index is 1.97. The highest BCUT2D eigenvalue weighted by Crippen LogP contribution is 2.06. The van der Waals surface area contributed by atoms with Crippen molar-refractivity contribution in [2.45, 2.75) is 19.3 Å². The van der Waals surface area contributed by atoms with Gasteiger partial charge < -0.3 is 4.90 Å². The lowest BCUT2D eigenvalue weighted by atomic mass is 10.4. The summed E-state index contributed by atoms with van der Waals surface area (Å²) >= 11 is 0. The summed E-state index contributed by atoms with van der Waals surface area (Å²) in [7, 11) is 0. The molecule has 0 atom stereocenters.